The number of carbonyl (C=O) groups is 2. The van der Waals surface area contributed by atoms with E-state index >= 15 is 0 Å². The summed E-state index contributed by atoms with van der Waals surface area (Å²) in [6.45, 7) is 6.63. The summed E-state index contributed by atoms with van der Waals surface area (Å²) in [5.74, 6) is 0.869. The third kappa shape index (κ3) is 5.62. The van der Waals surface area contributed by atoms with Crippen LogP contribution in [0.15, 0.2) is 24.3 Å². The molecule has 0 radical (unpaired) electrons. The second-order valence-electron chi connectivity index (χ2n) is 6.17. The molecule has 1 saturated heterocycles. The van der Waals surface area contributed by atoms with Crippen molar-refractivity contribution in [2.24, 2.45) is 5.73 Å². The van der Waals surface area contributed by atoms with Gasteiger partial charge in [0.25, 0.3) is 0 Å². The lowest BCUT2D eigenvalue weighted by atomic mass is 10.2. The van der Waals surface area contributed by atoms with E-state index in [0.29, 0.717) is 13.0 Å². The lowest BCUT2D eigenvalue weighted by Gasteiger charge is -2.35. The highest BCUT2D eigenvalue weighted by molar-refractivity contribution is 5.81. The van der Waals surface area contributed by atoms with Crippen LogP contribution in [0.2, 0.25) is 0 Å². The van der Waals surface area contributed by atoms with Gasteiger partial charge in [-0.05, 0) is 31.0 Å². The van der Waals surface area contributed by atoms with Crippen LogP contribution >= 0.6 is 0 Å². The highest BCUT2D eigenvalue weighted by Gasteiger charge is 2.22. The van der Waals surface area contributed by atoms with Gasteiger partial charge in [-0.25, -0.2) is 0 Å². The highest BCUT2D eigenvalue weighted by atomic mass is 16.5. The molecule has 1 aromatic carbocycles. The summed E-state index contributed by atoms with van der Waals surface area (Å²) in [7, 11) is 0. The molecule has 1 aromatic rings. The van der Waals surface area contributed by atoms with Crippen LogP contribution < -0.4 is 10.5 Å². The van der Waals surface area contributed by atoms with Crippen molar-refractivity contribution in [2.75, 3.05) is 39.3 Å². The van der Waals surface area contributed by atoms with E-state index in [2.05, 4.69) is 4.90 Å². The van der Waals surface area contributed by atoms with Crippen LogP contribution in [0.5, 0.6) is 5.75 Å². The Hall–Kier alpha value is -1.92. The fourth-order valence-electron chi connectivity index (χ4n) is 2.78. The zero-order valence-electron chi connectivity index (χ0n) is 14.3. The van der Waals surface area contributed by atoms with Crippen LogP contribution in [0, 0.1) is 0 Å². The quantitative estimate of drug-likeness (QED) is 0.559. The maximum Gasteiger partial charge on any atom is 0.239 e. The highest BCUT2D eigenvalue weighted by Crippen LogP contribution is 2.12. The Kier molecular flexibility index (Phi) is 7.21. The largest absolute Gasteiger partial charge is 0.494 e. The molecule has 2 N–H and O–H groups in total. The van der Waals surface area contributed by atoms with Gasteiger partial charge in [-0.2, -0.15) is 0 Å². The van der Waals surface area contributed by atoms with E-state index in [1.54, 1.807) is 6.92 Å². The predicted molar refractivity (Wildman–Crippen MR) is 93.0 cm³/mol. The molecule has 2 rings (SSSR count). The standard InChI is InChI=1S/C18H27N3O3/c1-15(19)18(23)21-11-9-20(10-12-21)8-2-14-24-17-5-3-16(4-6-17)7-13-22/h3-6,13,15H,2,7-12,14,19H2,1H3/t15-/m1/s1. The van der Waals surface area contributed by atoms with Crippen LogP contribution in [-0.2, 0) is 16.0 Å². The molecule has 0 unspecified atom stereocenters. The Morgan fingerprint density at radius 3 is 2.50 bits per heavy atom. The molecule has 1 aliphatic heterocycles. The normalized spacial score (nSPS) is 16.7. The molecule has 1 amide bonds. The third-order valence-electron chi connectivity index (χ3n) is 4.20. The smallest absolute Gasteiger partial charge is 0.239 e. The maximum absolute atomic E-state index is 11.8. The lowest BCUT2D eigenvalue weighted by molar-refractivity contribution is -0.133. The summed E-state index contributed by atoms with van der Waals surface area (Å²) in [4.78, 5) is 26.5. The van der Waals surface area contributed by atoms with Gasteiger partial charge in [-0.3, -0.25) is 9.69 Å². The SMILES string of the molecule is C[C@@H](N)C(=O)N1CCN(CCCOc2ccc(CC=O)cc2)CC1. The Bertz CT molecular complexity index is 523. The van der Waals surface area contributed by atoms with E-state index in [1.165, 1.54) is 0 Å². The van der Waals surface area contributed by atoms with Crippen molar-refractivity contribution in [3.05, 3.63) is 29.8 Å². The van der Waals surface area contributed by atoms with E-state index in [9.17, 15) is 9.59 Å². The fraction of sp³-hybridized carbons (Fsp3) is 0.556. The van der Waals surface area contributed by atoms with Crippen molar-refractivity contribution in [1.82, 2.24) is 9.80 Å². The molecule has 6 nitrogen and oxygen atoms in total. The third-order valence-corrected chi connectivity index (χ3v) is 4.20. The predicted octanol–water partition coefficient (Wildman–Crippen LogP) is 0.688. The molecule has 0 spiro atoms. The van der Waals surface area contributed by atoms with Gasteiger partial charge in [-0.1, -0.05) is 12.1 Å². The average Bonchev–Trinajstić information content (AvgIpc) is 2.60. The van der Waals surface area contributed by atoms with Crippen molar-refractivity contribution >= 4 is 12.2 Å². The molecule has 0 saturated carbocycles. The summed E-state index contributed by atoms with van der Waals surface area (Å²) >= 11 is 0. The number of nitrogens with two attached hydrogens (primary N) is 1. The van der Waals surface area contributed by atoms with Gasteiger partial charge >= 0.3 is 0 Å². The molecule has 1 aliphatic rings. The van der Waals surface area contributed by atoms with Crippen molar-refractivity contribution in [1.29, 1.82) is 0 Å². The summed E-state index contributed by atoms with van der Waals surface area (Å²) in [5.41, 5.74) is 6.64. The molecule has 24 heavy (non-hydrogen) atoms. The Morgan fingerprint density at radius 2 is 1.92 bits per heavy atom. The summed E-state index contributed by atoms with van der Waals surface area (Å²) in [6.07, 6.45) is 2.28. The number of aldehydes is 1. The van der Waals surface area contributed by atoms with Crippen LogP contribution in [0.25, 0.3) is 0 Å². The zero-order chi connectivity index (χ0) is 17.4. The number of carbonyl (C=O) groups excluding carboxylic acids is 2. The summed E-state index contributed by atoms with van der Waals surface area (Å²) in [5, 5.41) is 0. The first-order chi connectivity index (χ1) is 11.6. The van der Waals surface area contributed by atoms with Crippen molar-refractivity contribution in [3.63, 3.8) is 0 Å². The second-order valence-corrected chi connectivity index (χ2v) is 6.17. The van der Waals surface area contributed by atoms with Crippen molar-refractivity contribution in [3.8, 4) is 5.75 Å². The number of piperazine rings is 1. The van der Waals surface area contributed by atoms with Gasteiger partial charge < -0.3 is 20.2 Å². The molecular weight excluding hydrogens is 306 g/mol. The molecule has 0 bridgehead atoms. The lowest BCUT2D eigenvalue weighted by Crippen LogP contribution is -2.52. The molecular formula is C18H27N3O3. The molecule has 1 atom stereocenters. The van der Waals surface area contributed by atoms with E-state index in [4.69, 9.17) is 10.5 Å². The number of benzene rings is 1. The minimum atomic E-state index is -0.414. The molecule has 0 aliphatic carbocycles. The molecule has 132 valence electrons. The Morgan fingerprint density at radius 1 is 1.25 bits per heavy atom. The van der Waals surface area contributed by atoms with Gasteiger partial charge in [-0.15, -0.1) is 0 Å². The molecule has 1 heterocycles. The first-order valence-corrected chi connectivity index (χ1v) is 8.52. The van der Waals surface area contributed by atoms with Gasteiger partial charge in [0.2, 0.25) is 5.91 Å². The first-order valence-electron chi connectivity index (χ1n) is 8.52. The van der Waals surface area contributed by atoms with E-state index in [-0.39, 0.29) is 5.91 Å². The summed E-state index contributed by atoms with van der Waals surface area (Å²) in [6, 6.07) is 7.22. The van der Waals surface area contributed by atoms with E-state index in [1.807, 2.05) is 29.2 Å². The fourth-order valence-corrected chi connectivity index (χ4v) is 2.78. The number of ether oxygens (including phenoxy) is 1. The number of hydrogen-bond acceptors (Lipinski definition) is 5. The zero-order valence-corrected chi connectivity index (χ0v) is 14.3. The summed E-state index contributed by atoms with van der Waals surface area (Å²) < 4.78 is 5.72. The number of rotatable bonds is 8. The average molecular weight is 333 g/mol. The molecule has 6 heteroatoms. The number of nitrogens with zero attached hydrogens (tertiary/aromatic N) is 2. The topological polar surface area (TPSA) is 75.9 Å². The molecule has 1 fully saturated rings. The minimum absolute atomic E-state index is 0.0380. The van der Waals surface area contributed by atoms with Gasteiger partial charge in [0, 0.05) is 39.1 Å². The van der Waals surface area contributed by atoms with Gasteiger partial charge in [0.15, 0.2) is 0 Å². The first kappa shape index (κ1) is 18.4. The van der Waals surface area contributed by atoms with Crippen LogP contribution in [-0.4, -0.2) is 67.4 Å². The van der Waals surface area contributed by atoms with Crippen LogP contribution in [0.3, 0.4) is 0 Å². The van der Waals surface area contributed by atoms with E-state index in [0.717, 1.165) is 56.7 Å². The number of hydrogen-bond donors (Lipinski definition) is 1. The Balaban J connectivity index is 1.61. The van der Waals surface area contributed by atoms with E-state index < -0.39 is 6.04 Å². The Labute approximate surface area is 143 Å². The van der Waals surface area contributed by atoms with Crippen LogP contribution in [0.4, 0.5) is 0 Å². The van der Waals surface area contributed by atoms with Crippen molar-refractivity contribution < 1.29 is 14.3 Å². The monoisotopic (exact) mass is 333 g/mol. The second kappa shape index (κ2) is 9.39. The van der Waals surface area contributed by atoms with Gasteiger partial charge in [0.05, 0.1) is 12.6 Å². The van der Waals surface area contributed by atoms with Gasteiger partial charge in [0.1, 0.15) is 12.0 Å². The minimum Gasteiger partial charge on any atom is -0.494 e. The number of amides is 1. The maximum atomic E-state index is 11.8. The van der Waals surface area contributed by atoms with Crippen LogP contribution in [0.1, 0.15) is 18.9 Å². The molecule has 0 aromatic heterocycles. The van der Waals surface area contributed by atoms with Crippen molar-refractivity contribution in [2.45, 2.75) is 25.8 Å².